The lowest BCUT2D eigenvalue weighted by Crippen LogP contribution is -2.28. The molecule has 0 fully saturated rings. The SMILES string of the molecule is CCCN(C)C(=O)c1cnc2cnc(Br)cn12. The lowest BCUT2D eigenvalue weighted by molar-refractivity contribution is 0.0788. The van der Waals surface area contributed by atoms with Crippen LogP contribution in [0.1, 0.15) is 23.8 Å². The summed E-state index contributed by atoms with van der Waals surface area (Å²) in [7, 11) is 1.79. The van der Waals surface area contributed by atoms with Gasteiger partial charge in [-0.05, 0) is 22.4 Å². The Morgan fingerprint density at radius 3 is 2.94 bits per heavy atom. The van der Waals surface area contributed by atoms with E-state index in [1.807, 2.05) is 6.92 Å². The highest BCUT2D eigenvalue weighted by Gasteiger charge is 2.16. The highest BCUT2D eigenvalue weighted by atomic mass is 79.9. The summed E-state index contributed by atoms with van der Waals surface area (Å²) in [5.74, 6) is -0.0301. The molecule has 0 aliphatic rings. The fourth-order valence-electron chi connectivity index (χ4n) is 1.66. The monoisotopic (exact) mass is 296 g/mol. The van der Waals surface area contributed by atoms with Crippen LogP contribution in [0.4, 0.5) is 0 Å². The summed E-state index contributed by atoms with van der Waals surface area (Å²) in [4.78, 5) is 22.1. The zero-order chi connectivity index (χ0) is 12.4. The molecule has 2 aromatic rings. The molecule has 0 atom stereocenters. The number of imidazole rings is 1. The van der Waals surface area contributed by atoms with Gasteiger partial charge in [0.15, 0.2) is 5.65 Å². The van der Waals surface area contributed by atoms with Gasteiger partial charge in [0.1, 0.15) is 10.3 Å². The molecular formula is C11H13BrN4O. The van der Waals surface area contributed by atoms with E-state index in [-0.39, 0.29) is 5.91 Å². The van der Waals surface area contributed by atoms with Gasteiger partial charge in [0, 0.05) is 19.8 Å². The van der Waals surface area contributed by atoms with Crippen LogP contribution in [-0.4, -0.2) is 38.8 Å². The largest absolute Gasteiger partial charge is 0.340 e. The van der Waals surface area contributed by atoms with Crippen molar-refractivity contribution in [2.75, 3.05) is 13.6 Å². The maximum atomic E-state index is 12.2. The Balaban J connectivity index is 2.41. The fraction of sp³-hybridized carbons (Fsp3) is 0.364. The minimum Gasteiger partial charge on any atom is -0.340 e. The van der Waals surface area contributed by atoms with E-state index in [9.17, 15) is 4.79 Å². The first kappa shape index (κ1) is 12.0. The summed E-state index contributed by atoms with van der Waals surface area (Å²) >= 11 is 3.28. The number of hydrogen-bond acceptors (Lipinski definition) is 3. The van der Waals surface area contributed by atoms with Gasteiger partial charge in [0.05, 0.1) is 12.4 Å². The molecule has 2 heterocycles. The Hall–Kier alpha value is -1.43. The third-order valence-corrected chi connectivity index (χ3v) is 2.90. The predicted molar refractivity (Wildman–Crippen MR) is 67.9 cm³/mol. The Kier molecular flexibility index (Phi) is 3.42. The van der Waals surface area contributed by atoms with Crippen LogP contribution in [-0.2, 0) is 0 Å². The highest BCUT2D eigenvalue weighted by molar-refractivity contribution is 9.10. The van der Waals surface area contributed by atoms with Crippen LogP contribution in [0.25, 0.3) is 5.65 Å². The number of fused-ring (bicyclic) bond motifs is 1. The van der Waals surface area contributed by atoms with E-state index in [2.05, 4.69) is 25.9 Å². The minimum absolute atomic E-state index is 0.0301. The smallest absolute Gasteiger partial charge is 0.272 e. The number of nitrogens with zero attached hydrogens (tertiary/aromatic N) is 4. The maximum absolute atomic E-state index is 12.2. The van der Waals surface area contributed by atoms with E-state index >= 15 is 0 Å². The Labute approximate surface area is 108 Å². The molecule has 2 aromatic heterocycles. The van der Waals surface area contributed by atoms with Crippen LogP contribution < -0.4 is 0 Å². The van der Waals surface area contributed by atoms with Crippen molar-refractivity contribution in [3.63, 3.8) is 0 Å². The molecule has 0 aliphatic heterocycles. The van der Waals surface area contributed by atoms with E-state index in [4.69, 9.17) is 0 Å². The van der Waals surface area contributed by atoms with Crippen molar-refractivity contribution in [1.82, 2.24) is 19.3 Å². The summed E-state index contributed by atoms with van der Waals surface area (Å²) in [6, 6.07) is 0. The highest BCUT2D eigenvalue weighted by Crippen LogP contribution is 2.12. The molecule has 5 nitrogen and oxygen atoms in total. The predicted octanol–water partition coefficient (Wildman–Crippen LogP) is 1.97. The molecule has 0 bridgehead atoms. The van der Waals surface area contributed by atoms with Crippen LogP contribution in [0.15, 0.2) is 23.2 Å². The molecular weight excluding hydrogens is 284 g/mol. The van der Waals surface area contributed by atoms with Crippen molar-refractivity contribution in [2.24, 2.45) is 0 Å². The van der Waals surface area contributed by atoms with Crippen LogP contribution in [0.3, 0.4) is 0 Å². The number of hydrogen-bond donors (Lipinski definition) is 0. The Morgan fingerprint density at radius 1 is 1.47 bits per heavy atom. The average Bonchev–Trinajstić information content (AvgIpc) is 2.71. The van der Waals surface area contributed by atoms with Gasteiger partial charge in [0.2, 0.25) is 0 Å². The summed E-state index contributed by atoms with van der Waals surface area (Å²) in [6.45, 7) is 2.77. The molecule has 90 valence electrons. The normalized spacial score (nSPS) is 10.8. The standard InChI is InChI=1S/C11H13BrN4O/c1-3-4-15(2)11(17)8-5-14-10-6-13-9(12)7-16(8)10/h5-7H,3-4H2,1-2H3. The summed E-state index contributed by atoms with van der Waals surface area (Å²) < 4.78 is 2.42. The Morgan fingerprint density at radius 2 is 2.24 bits per heavy atom. The number of carbonyl (C=O) groups excluding carboxylic acids is 1. The molecule has 17 heavy (non-hydrogen) atoms. The molecule has 0 aliphatic carbocycles. The number of rotatable bonds is 3. The van der Waals surface area contributed by atoms with E-state index < -0.39 is 0 Å². The van der Waals surface area contributed by atoms with Crippen molar-refractivity contribution in [3.05, 3.63) is 28.9 Å². The summed E-state index contributed by atoms with van der Waals surface area (Å²) in [5, 5.41) is 0. The molecule has 0 saturated heterocycles. The van der Waals surface area contributed by atoms with Crippen molar-refractivity contribution in [3.8, 4) is 0 Å². The molecule has 6 heteroatoms. The second-order valence-corrected chi connectivity index (χ2v) is 4.62. The van der Waals surface area contributed by atoms with E-state index in [1.54, 1.807) is 34.9 Å². The first-order chi connectivity index (χ1) is 8.13. The molecule has 0 spiro atoms. The second kappa shape index (κ2) is 4.83. The van der Waals surface area contributed by atoms with Gasteiger partial charge in [-0.1, -0.05) is 6.92 Å². The first-order valence-corrected chi connectivity index (χ1v) is 6.17. The third kappa shape index (κ3) is 2.31. The van der Waals surface area contributed by atoms with Crippen LogP contribution in [0.2, 0.25) is 0 Å². The molecule has 0 saturated carbocycles. The quantitative estimate of drug-likeness (QED) is 0.870. The molecule has 0 radical (unpaired) electrons. The molecule has 0 N–H and O–H groups in total. The van der Waals surface area contributed by atoms with Gasteiger partial charge >= 0.3 is 0 Å². The van der Waals surface area contributed by atoms with Crippen molar-refractivity contribution < 1.29 is 4.79 Å². The maximum Gasteiger partial charge on any atom is 0.272 e. The van der Waals surface area contributed by atoms with Gasteiger partial charge in [-0.3, -0.25) is 9.20 Å². The van der Waals surface area contributed by atoms with Gasteiger partial charge in [-0.2, -0.15) is 0 Å². The average molecular weight is 297 g/mol. The zero-order valence-electron chi connectivity index (χ0n) is 9.72. The number of aromatic nitrogens is 3. The summed E-state index contributed by atoms with van der Waals surface area (Å²) in [5.41, 5.74) is 1.22. The fourth-order valence-corrected chi connectivity index (χ4v) is 1.96. The molecule has 0 unspecified atom stereocenters. The first-order valence-electron chi connectivity index (χ1n) is 5.37. The lowest BCUT2D eigenvalue weighted by atomic mass is 10.3. The number of amides is 1. The van der Waals surface area contributed by atoms with E-state index in [0.717, 1.165) is 13.0 Å². The molecule has 1 amide bonds. The van der Waals surface area contributed by atoms with Crippen molar-refractivity contribution >= 4 is 27.5 Å². The summed E-state index contributed by atoms with van der Waals surface area (Å²) in [6.07, 6.45) is 5.89. The van der Waals surface area contributed by atoms with Crippen LogP contribution in [0, 0.1) is 0 Å². The van der Waals surface area contributed by atoms with Crippen molar-refractivity contribution in [1.29, 1.82) is 0 Å². The van der Waals surface area contributed by atoms with Gasteiger partial charge in [0.25, 0.3) is 5.91 Å². The van der Waals surface area contributed by atoms with Gasteiger partial charge in [-0.25, -0.2) is 9.97 Å². The van der Waals surface area contributed by atoms with Crippen LogP contribution >= 0.6 is 15.9 Å². The van der Waals surface area contributed by atoms with E-state index in [1.165, 1.54) is 0 Å². The lowest BCUT2D eigenvalue weighted by Gasteiger charge is -2.15. The van der Waals surface area contributed by atoms with Gasteiger partial charge < -0.3 is 4.90 Å². The Bertz CT molecular complexity index is 551. The van der Waals surface area contributed by atoms with Crippen LogP contribution in [0.5, 0.6) is 0 Å². The number of halogens is 1. The molecule has 2 rings (SSSR count). The van der Waals surface area contributed by atoms with Gasteiger partial charge in [-0.15, -0.1) is 0 Å². The third-order valence-electron chi connectivity index (χ3n) is 2.49. The minimum atomic E-state index is -0.0301. The second-order valence-electron chi connectivity index (χ2n) is 3.81. The topological polar surface area (TPSA) is 50.5 Å². The molecule has 0 aromatic carbocycles. The van der Waals surface area contributed by atoms with Crippen molar-refractivity contribution in [2.45, 2.75) is 13.3 Å². The zero-order valence-corrected chi connectivity index (χ0v) is 11.3. The van der Waals surface area contributed by atoms with E-state index in [0.29, 0.717) is 15.9 Å². The number of carbonyl (C=O) groups is 1.